The van der Waals surface area contributed by atoms with Crippen molar-refractivity contribution in [3.63, 3.8) is 0 Å². The van der Waals surface area contributed by atoms with E-state index in [0.717, 1.165) is 10.6 Å². The molecule has 1 heterocycles. The molecular formula is C17H25N3O5S. The average molecular weight is 383 g/mol. The van der Waals surface area contributed by atoms with Crippen molar-refractivity contribution in [1.29, 1.82) is 0 Å². The van der Waals surface area contributed by atoms with Gasteiger partial charge in [-0.05, 0) is 31.9 Å². The Kier molecular flexibility index (Phi) is 6.84. The quantitative estimate of drug-likeness (QED) is 0.796. The lowest BCUT2D eigenvalue weighted by atomic mass is 10.1. The number of carbonyl (C=O) groups excluding carboxylic acids is 2. The smallest absolute Gasteiger partial charge is 0.409 e. The van der Waals surface area contributed by atoms with Crippen LogP contribution < -0.4 is 9.62 Å². The highest BCUT2D eigenvalue weighted by Gasteiger charge is 2.26. The van der Waals surface area contributed by atoms with E-state index in [1.54, 1.807) is 42.2 Å². The van der Waals surface area contributed by atoms with Crippen LogP contribution in [-0.2, 0) is 19.6 Å². The molecule has 8 nitrogen and oxygen atoms in total. The first-order chi connectivity index (χ1) is 12.3. The van der Waals surface area contributed by atoms with Crippen LogP contribution in [0.5, 0.6) is 0 Å². The molecule has 0 aliphatic carbocycles. The minimum Gasteiger partial charge on any atom is -0.450 e. The zero-order chi connectivity index (χ0) is 19.2. The third-order valence-electron chi connectivity index (χ3n) is 4.12. The molecule has 0 bridgehead atoms. The van der Waals surface area contributed by atoms with Gasteiger partial charge in [-0.2, -0.15) is 0 Å². The van der Waals surface area contributed by atoms with Gasteiger partial charge in [0.2, 0.25) is 15.9 Å². The third kappa shape index (κ3) is 5.62. The van der Waals surface area contributed by atoms with Crippen molar-refractivity contribution in [1.82, 2.24) is 10.2 Å². The number of nitrogens with one attached hydrogen (secondary N) is 1. The maximum Gasteiger partial charge on any atom is 0.409 e. The Bertz CT molecular complexity index is 715. The molecule has 1 fully saturated rings. The number of carbonyl (C=O) groups is 2. The Morgan fingerprint density at radius 1 is 1.23 bits per heavy atom. The SMILES string of the molecule is CCOC(=O)N1CCC(NC(=O)CN(c2ccccc2)S(C)(=O)=O)CC1. The Hall–Kier alpha value is -2.29. The lowest BCUT2D eigenvalue weighted by Crippen LogP contribution is -2.49. The summed E-state index contributed by atoms with van der Waals surface area (Å²) in [6, 6.07) is 8.41. The van der Waals surface area contributed by atoms with Crippen molar-refractivity contribution in [3.8, 4) is 0 Å². The summed E-state index contributed by atoms with van der Waals surface area (Å²) in [7, 11) is -3.58. The molecule has 0 saturated carbocycles. The second-order valence-electron chi connectivity index (χ2n) is 6.13. The molecule has 0 radical (unpaired) electrons. The van der Waals surface area contributed by atoms with E-state index in [0.29, 0.717) is 38.2 Å². The van der Waals surface area contributed by atoms with Crippen molar-refractivity contribution in [3.05, 3.63) is 30.3 Å². The highest BCUT2D eigenvalue weighted by molar-refractivity contribution is 7.92. The van der Waals surface area contributed by atoms with Gasteiger partial charge in [0.15, 0.2) is 0 Å². The normalized spacial score (nSPS) is 15.4. The highest BCUT2D eigenvalue weighted by atomic mass is 32.2. The Labute approximate surface area is 154 Å². The first-order valence-electron chi connectivity index (χ1n) is 8.55. The fourth-order valence-corrected chi connectivity index (χ4v) is 3.68. The van der Waals surface area contributed by atoms with Crippen LogP contribution in [0.3, 0.4) is 0 Å². The molecule has 0 atom stereocenters. The summed E-state index contributed by atoms with van der Waals surface area (Å²) in [5.74, 6) is -0.367. The van der Waals surface area contributed by atoms with Gasteiger partial charge in [0.1, 0.15) is 6.54 Å². The Morgan fingerprint density at radius 3 is 2.38 bits per heavy atom. The van der Waals surface area contributed by atoms with Gasteiger partial charge < -0.3 is 15.0 Å². The molecule has 2 amide bonds. The summed E-state index contributed by atoms with van der Waals surface area (Å²) in [6.07, 6.45) is 1.94. The van der Waals surface area contributed by atoms with Gasteiger partial charge in [-0.1, -0.05) is 18.2 Å². The molecule has 1 aliphatic rings. The summed E-state index contributed by atoms with van der Waals surface area (Å²) in [6.45, 7) is 2.80. The summed E-state index contributed by atoms with van der Waals surface area (Å²) in [5.41, 5.74) is 0.447. The standard InChI is InChI=1S/C17H25N3O5S/c1-3-25-17(22)19-11-9-14(10-12-19)18-16(21)13-20(26(2,23)24)15-7-5-4-6-8-15/h4-8,14H,3,9-13H2,1-2H3,(H,18,21). The summed E-state index contributed by atoms with van der Waals surface area (Å²) in [4.78, 5) is 25.6. The summed E-state index contributed by atoms with van der Waals surface area (Å²) < 4.78 is 30.1. The van der Waals surface area contributed by atoms with Crippen LogP contribution in [0.2, 0.25) is 0 Å². The number of anilines is 1. The van der Waals surface area contributed by atoms with Crippen LogP contribution in [0.1, 0.15) is 19.8 Å². The first kappa shape index (κ1) is 20.0. The topological polar surface area (TPSA) is 96.0 Å². The van der Waals surface area contributed by atoms with Crippen molar-refractivity contribution in [2.24, 2.45) is 0 Å². The van der Waals surface area contributed by atoms with Crippen LogP contribution >= 0.6 is 0 Å². The fourth-order valence-electron chi connectivity index (χ4n) is 2.82. The van der Waals surface area contributed by atoms with Gasteiger partial charge in [0, 0.05) is 19.1 Å². The number of sulfonamides is 1. The first-order valence-corrected chi connectivity index (χ1v) is 10.4. The zero-order valence-corrected chi connectivity index (χ0v) is 15.9. The van der Waals surface area contributed by atoms with Gasteiger partial charge >= 0.3 is 6.09 Å². The largest absolute Gasteiger partial charge is 0.450 e. The van der Waals surface area contributed by atoms with Gasteiger partial charge in [0.25, 0.3) is 0 Å². The molecule has 1 saturated heterocycles. The lowest BCUT2D eigenvalue weighted by Gasteiger charge is -2.32. The number of ether oxygens (including phenoxy) is 1. The van der Waals surface area contributed by atoms with Crippen LogP contribution in [0.15, 0.2) is 30.3 Å². The third-order valence-corrected chi connectivity index (χ3v) is 5.26. The molecule has 1 aliphatic heterocycles. The van der Waals surface area contributed by atoms with Gasteiger partial charge in [0.05, 0.1) is 18.6 Å². The number of amides is 2. The lowest BCUT2D eigenvalue weighted by molar-refractivity contribution is -0.120. The molecule has 2 rings (SSSR count). The second-order valence-corrected chi connectivity index (χ2v) is 8.04. The predicted molar refractivity (Wildman–Crippen MR) is 98.4 cm³/mol. The number of likely N-dealkylation sites (tertiary alicyclic amines) is 1. The minimum absolute atomic E-state index is 0.0923. The molecule has 1 N–H and O–H groups in total. The Morgan fingerprint density at radius 2 is 1.85 bits per heavy atom. The van der Waals surface area contributed by atoms with Crippen molar-refractivity contribution in [2.45, 2.75) is 25.8 Å². The van der Waals surface area contributed by atoms with E-state index in [-0.39, 0.29) is 24.6 Å². The van der Waals surface area contributed by atoms with Gasteiger partial charge in [-0.15, -0.1) is 0 Å². The number of rotatable bonds is 6. The average Bonchev–Trinajstić information content (AvgIpc) is 2.60. The predicted octanol–water partition coefficient (Wildman–Crippen LogP) is 1.19. The molecule has 144 valence electrons. The number of nitrogens with zero attached hydrogens (tertiary/aromatic N) is 2. The van der Waals surface area contributed by atoms with E-state index in [2.05, 4.69) is 5.32 Å². The zero-order valence-electron chi connectivity index (χ0n) is 15.1. The number of para-hydroxylation sites is 1. The number of piperidine rings is 1. The fraction of sp³-hybridized carbons (Fsp3) is 0.529. The van der Waals surface area contributed by atoms with E-state index in [1.165, 1.54) is 0 Å². The number of hydrogen-bond donors (Lipinski definition) is 1. The molecule has 0 spiro atoms. The van der Waals surface area contributed by atoms with Crippen LogP contribution in [0, 0.1) is 0 Å². The molecule has 0 unspecified atom stereocenters. The van der Waals surface area contributed by atoms with E-state index in [9.17, 15) is 18.0 Å². The molecule has 9 heteroatoms. The van der Waals surface area contributed by atoms with Gasteiger partial charge in [-0.3, -0.25) is 9.10 Å². The van der Waals surface area contributed by atoms with Crippen molar-refractivity contribution in [2.75, 3.05) is 36.8 Å². The summed E-state index contributed by atoms with van der Waals surface area (Å²) in [5, 5.41) is 2.86. The van der Waals surface area contributed by atoms with Crippen LogP contribution in [0.4, 0.5) is 10.5 Å². The monoisotopic (exact) mass is 383 g/mol. The van der Waals surface area contributed by atoms with Crippen molar-refractivity contribution >= 4 is 27.7 Å². The molecule has 1 aromatic carbocycles. The van der Waals surface area contributed by atoms with Crippen LogP contribution in [0.25, 0.3) is 0 Å². The number of hydrogen-bond acceptors (Lipinski definition) is 5. The second kappa shape index (κ2) is 8.88. The minimum atomic E-state index is -3.58. The Balaban J connectivity index is 1.91. The molecular weight excluding hydrogens is 358 g/mol. The maximum atomic E-state index is 12.3. The van der Waals surface area contributed by atoms with E-state index >= 15 is 0 Å². The summed E-state index contributed by atoms with van der Waals surface area (Å²) >= 11 is 0. The molecule has 1 aromatic rings. The molecule has 26 heavy (non-hydrogen) atoms. The van der Waals surface area contributed by atoms with E-state index in [4.69, 9.17) is 4.74 Å². The van der Waals surface area contributed by atoms with Crippen molar-refractivity contribution < 1.29 is 22.7 Å². The maximum absolute atomic E-state index is 12.3. The highest BCUT2D eigenvalue weighted by Crippen LogP contribution is 2.17. The van der Waals surface area contributed by atoms with E-state index in [1.807, 2.05) is 0 Å². The molecule has 0 aromatic heterocycles. The number of benzene rings is 1. The van der Waals surface area contributed by atoms with Gasteiger partial charge in [-0.25, -0.2) is 13.2 Å². The van der Waals surface area contributed by atoms with Crippen LogP contribution in [-0.4, -0.2) is 63.9 Å². The van der Waals surface area contributed by atoms with E-state index < -0.39 is 10.0 Å².